The van der Waals surface area contributed by atoms with Crippen molar-refractivity contribution >= 4 is 15.9 Å². The molecule has 3 N–H and O–H groups in total. The van der Waals surface area contributed by atoms with Crippen molar-refractivity contribution in [3.05, 3.63) is 34.1 Å². The van der Waals surface area contributed by atoms with Gasteiger partial charge in [0.1, 0.15) is 5.82 Å². The van der Waals surface area contributed by atoms with E-state index in [1.807, 2.05) is 6.07 Å². The van der Waals surface area contributed by atoms with Crippen LogP contribution in [0.3, 0.4) is 0 Å². The van der Waals surface area contributed by atoms with Gasteiger partial charge in [-0.3, -0.25) is 11.3 Å². The third-order valence-electron chi connectivity index (χ3n) is 3.10. The molecule has 2 nitrogen and oxygen atoms in total. The third-order valence-corrected chi connectivity index (χ3v) is 3.84. The van der Waals surface area contributed by atoms with Crippen LogP contribution in [0.1, 0.15) is 32.3 Å². The Bertz CT molecular complexity index is 357. The van der Waals surface area contributed by atoms with Gasteiger partial charge in [0.2, 0.25) is 0 Å². The van der Waals surface area contributed by atoms with E-state index in [0.29, 0.717) is 5.92 Å². The second-order valence-electron chi connectivity index (χ2n) is 4.48. The maximum Gasteiger partial charge on any atom is 0.124 e. The minimum absolute atomic E-state index is 0.219. The van der Waals surface area contributed by atoms with Gasteiger partial charge in [-0.05, 0) is 36.5 Å². The number of hydrazine groups is 1. The van der Waals surface area contributed by atoms with Gasteiger partial charge in [-0.2, -0.15) is 0 Å². The van der Waals surface area contributed by atoms with Crippen LogP contribution in [-0.2, 0) is 6.42 Å². The minimum Gasteiger partial charge on any atom is -0.271 e. The highest BCUT2D eigenvalue weighted by atomic mass is 79.9. The van der Waals surface area contributed by atoms with Crippen LogP contribution in [0.2, 0.25) is 0 Å². The molecule has 0 radical (unpaired) electrons. The van der Waals surface area contributed by atoms with Gasteiger partial charge in [-0.15, -0.1) is 0 Å². The van der Waals surface area contributed by atoms with E-state index >= 15 is 0 Å². The number of nitrogens with one attached hydrogen (secondary N) is 1. The standard InChI is InChI=1S/C13H20BrFN2/c1-3-4-9(2)13(17-16)7-10-5-6-11(15)8-12(10)14/h5-6,8-9,13,17H,3-4,7,16H2,1-2H3. The van der Waals surface area contributed by atoms with Gasteiger partial charge >= 0.3 is 0 Å². The summed E-state index contributed by atoms with van der Waals surface area (Å²) in [5.41, 5.74) is 3.94. The fourth-order valence-electron chi connectivity index (χ4n) is 2.01. The summed E-state index contributed by atoms with van der Waals surface area (Å²) in [7, 11) is 0. The molecule has 0 bridgehead atoms. The molecule has 0 aliphatic carbocycles. The van der Waals surface area contributed by atoms with Crippen molar-refractivity contribution in [1.29, 1.82) is 0 Å². The van der Waals surface area contributed by atoms with Gasteiger partial charge in [-0.25, -0.2) is 4.39 Å². The first-order valence-electron chi connectivity index (χ1n) is 5.98. The lowest BCUT2D eigenvalue weighted by Crippen LogP contribution is -2.41. The maximum atomic E-state index is 13.0. The molecular weight excluding hydrogens is 283 g/mol. The van der Waals surface area contributed by atoms with Crippen molar-refractivity contribution in [2.45, 2.75) is 39.2 Å². The number of rotatable bonds is 6. The lowest BCUT2D eigenvalue weighted by atomic mass is 9.92. The Morgan fingerprint density at radius 3 is 2.71 bits per heavy atom. The molecule has 0 aliphatic heterocycles. The van der Waals surface area contributed by atoms with Crippen LogP contribution in [0.5, 0.6) is 0 Å². The van der Waals surface area contributed by atoms with E-state index in [-0.39, 0.29) is 11.9 Å². The van der Waals surface area contributed by atoms with Crippen LogP contribution in [-0.4, -0.2) is 6.04 Å². The summed E-state index contributed by atoms with van der Waals surface area (Å²) >= 11 is 3.38. The molecule has 96 valence electrons. The fraction of sp³-hybridized carbons (Fsp3) is 0.538. The maximum absolute atomic E-state index is 13.0. The molecule has 0 saturated heterocycles. The number of halogens is 2. The molecule has 1 aromatic rings. The van der Waals surface area contributed by atoms with Crippen molar-refractivity contribution in [3.63, 3.8) is 0 Å². The molecule has 0 aliphatic rings. The highest BCUT2D eigenvalue weighted by Gasteiger charge is 2.16. The highest BCUT2D eigenvalue weighted by Crippen LogP contribution is 2.22. The summed E-state index contributed by atoms with van der Waals surface area (Å²) in [6, 6.07) is 5.00. The molecule has 2 atom stereocenters. The number of benzene rings is 1. The molecule has 0 amide bonds. The van der Waals surface area contributed by atoms with Crippen LogP contribution >= 0.6 is 15.9 Å². The van der Waals surface area contributed by atoms with Crippen molar-refractivity contribution in [2.24, 2.45) is 11.8 Å². The molecular formula is C13H20BrFN2. The molecule has 2 unspecified atom stereocenters. The zero-order valence-corrected chi connectivity index (χ0v) is 11.9. The summed E-state index contributed by atoms with van der Waals surface area (Å²) in [4.78, 5) is 0. The van der Waals surface area contributed by atoms with Gasteiger partial charge in [0, 0.05) is 10.5 Å². The highest BCUT2D eigenvalue weighted by molar-refractivity contribution is 9.10. The quantitative estimate of drug-likeness (QED) is 0.624. The monoisotopic (exact) mass is 302 g/mol. The summed E-state index contributed by atoms with van der Waals surface area (Å²) in [5, 5.41) is 0. The van der Waals surface area contributed by atoms with Gasteiger partial charge in [0.15, 0.2) is 0 Å². The molecule has 0 fully saturated rings. The molecule has 1 aromatic carbocycles. The lowest BCUT2D eigenvalue weighted by molar-refractivity contribution is 0.356. The molecule has 1 rings (SSSR count). The predicted octanol–water partition coefficient (Wildman–Crippen LogP) is 3.40. The molecule has 0 heterocycles. The van der Waals surface area contributed by atoms with E-state index in [2.05, 4.69) is 35.2 Å². The summed E-state index contributed by atoms with van der Waals surface area (Å²) in [6.45, 7) is 4.35. The van der Waals surface area contributed by atoms with E-state index in [1.165, 1.54) is 12.1 Å². The lowest BCUT2D eigenvalue weighted by Gasteiger charge is -2.23. The number of hydrogen-bond acceptors (Lipinski definition) is 2. The Morgan fingerprint density at radius 2 is 2.18 bits per heavy atom. The van der Waals surface area contributed by atoms with Gasteiger partial charge in [0.25, 0.3) is 0 Å². The van der Waals surface area contributed by atoms with Crippen LogP contribution in [0.15, 0.2) is 22.7 Å². The largest absolute Gasteiger partial charge is 0.271 e. The summed E-state index contributed by atoms with van der Waals surface area (Å²) in [6.07, 6.45) is 3.08. The van der Waals surface area contributed by atoms with Crippen molar-refractivity contribution < 1.29 is 4.39 Å². The SMILES string of the molecule is CCCC(C)C(Cc1ccc(F)cc1Br)NN. The second kappa shape index (κ2) is 7.09. The van der Waals surface area contributed by atoms with Gasteiger partial charge in [-0.1, -0.05) is 42.3 Å². The summed E-state index contributed by atoms with van der Waals surface area (Å²) in [5.74, 6) is 5.87. The van der Waals surface area contributed by atoms with Gasteiger partial charge in [0.05, 0.1) is 0 Å². The van der Waals surface area contributed by atoms with E-state index in [9.17, 15) is 4.39 Å². The first kappa shape index (κ1) is 14.6. The molecule has 0 saturated carbocycles. The average molecular weight is 303 g/mol. The predicted molar refractivity (Wildman–Crippen MR) is 73.0 cm³/mol. The van der Waals surface area contributed by atoms with Crippen LogP contribution in [0, 0.1) is 11.7 Å². The zero-order chi connectivity index (χ0) is 12.8. The summed E-state index contributed by atoms with van der Waals surface area (Å²) < 4.78 is 13.8. The van der Waals surface area contributed by atoms with Crippen LogP contribution in [0.4, 0.5) is 4.39 Å². The van der Waals surface area contributed by atoms with Crippen LogP contribution < -0.4 is 11.3 Å². The van der Waals surface area contributed by atoms with Gasteiger partial charge < -0.3 is 0 Å². The fourth-order valence-corrected chi connectivity index (χ4v) is 2.52. The molecule has 17 heavy (non-hydrogen) atoms. The number of hydrogen-bond donors (Lipinski definition) is 2. The minimum atomic E-state index is -0.223. The Kier molecular flexibility index (Phi) is 6.09. The first-order chi connectivity index (χ1) is 8.08. The van der Waals surface area contributed by atoms with Crippen molar-refractivity contribution in [3.8, 4) is 0 Å². The van der Waals surface area contributed by atoms with E-state index in [1.54, 1.807) is 0 Å². The van der Waals surface area contributed by atoms with E-state index in [0.717, 1.165) is 29.3 Å². The normalized spacial score (nSPS) is 14.6. The first-order valence-corrected chi connectivity index (χ1v) is 6.77. The Balaban J connectivity index is 2.73. The average Bonchev–Trinajstić information content (AvgIpc) is 2.28. The molecule has 0 aromatic heterocycles. The zero-order valence-electron chi connectivity index (χ0n) is 10.3. The third kappa shape index (κ3) is 4.37. The van der Waals surface area contributed by atoms with Crippen molar-refractivity contribution in [1.82, 2.24) is 5.43 Å². The Labute approximate surface area is 111 Å². The molecule has 4 heteroatoms. The Hall–Kier alpha value is -0.450. The Morgan fingerprint density at radius 1 is 1.47 bits per heavy atom. The second-order valence-corrected chi connectivity index (χ2v) is 5.33. The molecule has 0 spiro atoms. The van der Waals surface area contributed by atoms with E-state index in [4.69, 9.17) is 5.84 Å². The number of nitrogens with two attached hydrogens (primary N) is 1. The van der Waals surface area contributed by atoms with Crippen LogP contribution in [0.25, 0.3) is 0 Å². The smallest absolute Gasteiger partial charge is 0.124 e. The van der Waals surface area contributed by atoms with E-state index < -0.39 is 0 Å². The van der Waals surface area contributed by atoms with Crippen molar-refractivity contribution in [2.75, 3.05) is 0 Å². The topological polar surface area (TPSA) is 38.0 Å².